The third kappa shape index (κ3) is 2.91. The minimum atomic E-state index is 0.232. The van der Waals surface area contributed by atoms with Crippen LogP contribution < -0.4 is 10.2 Å². The smallest absolute Gasteiger partial charge is 0.228 e. The van der Waals surface area contributed by atoms with E-state index in [1.807, 2.05) is 23.1 Å². The van der Waals surface area contributed by atoms with Gasteiger partial charge in [-0.2, -0.15) is 0 Å². The van der Waals surface area contributed by atoms with Gasteiger partial charge in [0.05, 0.1) is 0 Å². The maximum atomic E-state index is 12.2. The summed E-state index contributed by atoms with van der Waals surface area (Å²) in [7, 11) is 0. The van der Waals surface area contributed by atoms with E-state index in [-0.39, 0.29) is 5.91 Å². The van der Waals surface area contributed by atoms with Crippen molar-refractivity contribution in [3.63, 3.8) is 0 Å². The van der Waals surface area contributed by atoms with Crippen molar-refractivity contribution in [2.45, 2.75) is 39.2 Å². The van der Waals surface area contributed by atoms with E-state index in [2.05, 4.69) is 25.2 Å². The molecule has 18 heavy (non-hydrogen) atoms. The van der Waals surface area contributed by atoms with Crippen molar-refractivity contribution in [3.05, 3.63) is 29.8 Å². The molecule has 0 saturated carbocycles. The summed E-state index contributed by atoms with van der Waals surface area (Å²) in [5.74, 6) is 0.232. The number of para-hydroxylation sites is 1. The number of hydrogen-bond donors (Lipinski definition) is 1. The number of amides is 1. The van der Waals surface area contributed by atoms with Crippen molar-refractivity contribution < 1.29 is 4.79 Å². The Labute approximate surface area is 109 Å². The SMILES string of the molecule is CCC(C)NCCC(=O)N1CCc2ccccc21. The highest BCUT2D eigenvalue weighted by molar-refractivity contribution is 5.95. The van der Waals surface area contributed by atoms with Crippen LogP contribution in [0.5, 0.6) is 0 Å². The number of nitrogens with zero attached hydrogens (tertiary/aromatic N) is 1. The number of carbonyl (C=O) groups is 1. The Morgan fingerprint density at radius 1 is 1.44 bits per heavy atom. The van der Waals surface area contributed by atoms with Crippen molar-refractivity contribution in [2.24, 2.45) is 0 Å². The van der Waals surface area contributed by atoms with Gasteiger partial charge in [-0.05, 0) is 31.4 Å². The van der Waals surface area contributed by atoms with Gasteiger partial charge in [-0.3, -0.25) is 4.79 Å². The van der Waals surface area contributed by atoms with E-state index in [4.69, 9.17) is 0 Å². The van der Waals surface area contributed by atoms with Gasteiger partial charge in [-0.25, -0.2) is 0 Å². The molecule has 0 aromatic heterocycles. The summed E-state index contributed by atoms with van der Waals surface area (Å²) in [4.78, 5) is 14.1. The maximum Gasteiger partial charge on any atom is 0.228 e. The average molecular weight is 246 g/mol. The van der Waals surface area contributed by atoms with E-state index < -0.39 is 0 Å². The molecule has 0 fully saturated rings. The number of hydrogen-bond acceptors (Lipinski definition) is 2. The quantitative estimate of drug-likeness (QED) is 0.865. The number of rotatable bonds is 5. The monoisotopic (exact) mass is 246 g/mol. The van der Waals surface area contributed by atoms with Crippen LogP contribution in [0.15, 0.2) is 24.3 Å². The van der Waals surface area contributed by atoms with E-state index >= 15 is 0 Å². The second kappa shape index (κ2) is 6.01. The molecule has 0 saturated heterocycles. The van der Waals surface area contributed by atoms with Gasteiger partial charge in [0, 0.05) is 31.2 Å². The molecule has 0 spiro atoms. The van der Waals surface area contributed by atoms with Crippen LogP contribution >= 0.6 is 0 Å². The zero-order chi connectivity index (χ0) is 13.0. The van der Waals surface area contributed by atoms with Crippen molar-refractivity contribution >= 4 is 11.6 Å². The van der Waals surface area contributed by atoms with Crippen LogP contribution in [-0.2, 0) is 11.2 Å². The minimum Gasteiger partial charge on any atom is -0.314 e. The first-order valence-corrected chi connectivity index (χ1v) is 6.84. The van der Waals surface area contributed by atoms with Crippen molar-refractivity contribution in [1.29, 1.82) is 0 Å². The van der Waals surface area contributed by atoms with E-state index in [1.165, 1.54) is 5.56 Å². The van der Waals surface area contributed by atoms with Gasteiger partial charge in [0.1, 0.15) is 0 Å². The van der Waals surface area contributed by atoms with Gasteiger partial charge in [-0.1, -0.05) is 25.1 Å². The Kier molecular flexibility index (Phi) is 4.37. The Morgan fingerprint density at radius 2 is 2.22 bits per heavy atom. The van der Waals surface area contributed by atoms with E-state index in [9.17, 15) is 4.79 Å². The first kappa shape index (κ1) is 13.1. The third-order valence-corrected chi connectivity index (χ3v) is 3.63. The van der Waals surface area contributed by atoms with Crippen molar-refractivity contribution in [1.82, 2.24) is 5.32 Å². The molecular formula is C15H22N2O. The van der Waals surface area contributed by atoms with Gasteiger partial charge in [-0.15, -0.1) is 0 Å². The topological polar surface area (TPSA) is 32.3 Å². The number of carbonyl (C=O) groups excluding carboxylic acids is 1. The lowest BCUT2D eigenvalue weighted by molar-refractivity contribution is -0.118. The standard InChI is InChI=1S/C15H22N2O/c1-3-12(2)16-10-8-15(18)17-11-9-13-6-4-5-7-14(13)17/h4-7,12,16H,3,8-11H2,1-2H3. The summed E-state index contributed by atoms with van der Waals surface area (Å²) in [6.07, 6.45) is 2.67. The van der Waals surface area contributed by atoms with Gasteiger partial charge < -0.3 is 10.2 Å². The summed E-state index contributed by atoms with van der Waals surface area (Å²) < 4.78 is 0. The average Bonchev–Trinajstić information content (AvgIpc) is 2.82. The lowest BCUT2D eigenvalue weighted by atomic mass is 10.2. The number of anilines is 1. The minimum absolute atomic E-state index is 0.232. The van der Waals surface area contributed by atoms with Crippen LogP contribution in [0.3, 0.4) is 0 Å². The molecule has 3 nitrogen and oxygen atoms in total. The Balaban J connectivity index is 1.88. The molecule has 1 amide bonds. The van der Waals surface area contributed by atoms with Crippen LogP contribution in [0.1, 0.15) is 32.3 Å². The van der Waals surface area contributed by atoms with Gasteiger partial charge in [0.2, 0.25) is 5.91 Å². The Hall–Kier alpha value is -1.35. The van der Waals surface area contributed by atoms with Crippen LogP contribution in [0.4, 0.5) is 5.69 Å². The van der Waals surface area contributed by atoms with E-state index in [1.54, 1.807) is 0 Å². The zero-order valence-corrected chi connectivity index (χ0v) is 11.3. The second-order valence-electron chi connectivity index (χ2n) is 4.94. The van der Waals surface area contributed by atoms with Gasteiger partial charge in [0.25, 0.3) is 0 Å². The molecule has 98 valence electrons. The fourth-order valence-electron chi connectivity index (χ4n) is 2.30. The first-order chi connectivity index (χ1) is 8.72. The molecule has 0 bridgehead atoms. The van der Waals surface area contributed by atoms with Crippen molar-refractivity contribution in [2.75, 3.05) is 18.0 Å². The van der Waals surface area contributed by atoms with Gasteiger partial charge in [0.15, 0.2) is 0 Å². The van der Waals surface area contributed by atoms with Gasteiger partial charge >= 0.3 is 0 Å². The van der Waals surface area contributed by atoms with Crippen molar-refractivity contribution in [3.8, 4) is 0 Å². The number of fused-ring (bicyclic) bond motifs is 1. The molecule has 1 heterocycles. The fourth-order valence-corrected chi connectivity index (χ4v) is 2.30. The molecule has 1 aromatic rings. The van der Waals surface area contributed by atoms with E-state index in [0.717, 1.165) is 31.6 Å². The second-order valence-corrected chi connectivity index (χ2v) is 4.94. The first-order valence-electron chi connectivity index (χ1n) is 6.84. The lowest BCUT2D eigenvalue weighted by Gasteiger charge is -2.18. The summed E-state index contributed by atoms with van der Waals surface area (Å²) in [6.45, 7) is 5.90. The molecule has 3 heteroatoms. The highest BCUT2D eigenvalue weighted by Gasteiger charge is 2.23. The van der Waals surface area contributed by atoms with Crippen LogP contribution in [0.25, 0.3) is 0 Å². The number of nitrogens with one attached hydrogen (secondary N) is 1. The predicted octanol–water partition coefficient (Wildman–Crippen LogP) is 2.35. The molecule has 1 aliphatic rings. The third-order valence-electron chi connectivity index (χ3n) is 3.63. The molecule has 1 unspecified atom stereocenters. The van der Waals surface area contributed by atoms with Crippen LogP contribution in [0, 0.1) is 0 Å². The fraction of sp³-hybridized carbons (Fsp3) is 0.533. The number of benzene rings is 1. The maximum absolute atomic E-state index is 12.2. The molecule has 1 atom stereocenters. The zero-order valence-electron chi connectivity index (χ0n) is 11.3. The lowest BCUT2D eigenvalue weighted by Crippen LogP contribution is -2.34. The summed E-state index contributed by atoms with van der Waals surface area (Å²) >= 11 is 0. The summed E-state index contributed by atoms with van der Waals surface area (Å²) in [5, 5.41) is 3.36. The highest BCUT2D eigenvalue weighted by Crippen LogP contribution is 2.27. The van der Waals surface area contributed by atoms with Crippen LogP contribution in [0.2, 0.25) is 0 Å². The predicted molar refractivity (Wildman–Crippen MR) is 74.9 cm³/mol. The molecular weight excluding hydrogens is 224 g/mol. The summed E-state index contributed by atoms with van der Waals surface area (Å²) in [6, 6.07) is 8.69. The van der Waals surface area contributed by atoms with Crippen LogP contribution in [-0.4, -0.2) is 25.0 Å². The Morgan fingerprint density at radius 3 is 3.00 bits per heavy atom. The molecule has 1 aliphatic heterocycles. The summed E-state index contributed by atoms with van der Waals surface area (Å²) in [5.41, 5.74) is 2.40. The molecule has 0 aliphatic carbocycles. The molecule has 1 aromatic carbocycles. The normalized spacial score (nSPS) is 15.6. The van der Waals surface area contributed by atoms with E-state index in [0.29, 0.717) is 12.5 Å². The molecule has 0 radical (unpaired) electrons. The highest BCUT2D eigenvalue weighted by atomic mass is 16.2. The molecule has 2 rings (SSSR count). The molecule has 1 N–H and O–H groups in total. The largest absolute Gasteiger partial charge is 0.314 e. The Bertz CT molecular complexity index is 417.